The van der Waals surface area contributed by atoms with Crippen molar-refractivity contribution >= 4 is 23.2 Å². The van der Waals surface area contributed by atoms with Crippen LogP contribution in [0.2, 0.25) is 5.02 Å². The lowest BCUT2D eigenvalue weighted by atomic mass is 10.1. The summed E-state index contributed by atoms with van der Waals surface area (Å²) in [6.45, 7) is 8.56. The Labute approximate surface area is 131 Å². The minimum atomic E-state index is -0.0993. The summed E-state index contributed by atoms with van der Waals surface area (Å²) in [6.07, 6.45) is 0.797. The number of carbonyl (C=O) groups excluding carboxylic acids is 1. The summed E-state index contributed by atoms with van der Waals surface area (Å²) >= 11 is 6.14. The second-order valence-electron chi connectivity index (χ2n) is 5.72. The highest BCUT2D eigenvalue weighted by atomic mass is 35.5. The number of amides is 1. The molecule has 0 aromatic heterocycles. The summed E-state index contributed by atoms with van der Waals surface area (Å²) in [5, 5.41) is 7.10. The lowest BCUT2D eigenvalue weighted by Gasteiger charge is -2.37. The Morgan fingerprint density at radius 2 is 2.24 bits per heavy atom. The van der Waals surface area contributed by atoms with Gasteiger partial charge in [-0.3, -0.25) is 4.79 Å². The number of rotatable bonds is 5. The monoisotopic (exact) mass is 309 g/mol. The minimum absolute atomic E-state index is 0.0993. The van der Waals surface area contributed by atoms with Crippen LogP contribution in [0.15, 0.2) is 18.2 Å². The van der Waals surface area contributed by atoms with E-state index in [2.05, 4.69) is 29.4 Å². The van der Waals surface area contributed by atoms with Gasteiger partial charge in [-0.05, 0) is 30.2 Å². The number of halogens is 1. The van der Waals surface area contributed by atoms with Gasteiger partial charge < -0.3 is 15.5 Å². The van der Waals surface area contributed by atoms with E-state index < -0.39 is 0 Å². The molecule has 1 heterocycles. The third kappa shape index (κ3) is 3.89. The number of nitrogens with one attached hydrogen (secondary N) is 2. The molecule has 1 saturated heterocycles. The zero-order valence-corrected chi connectivity index (χ0v) is 13.7. The molecule has 116 valence electrons. The standard InChI is InChI=1S/C16H24ClN3O/c1-4-14-16(21)18-7-8-20(14)15-6-5-13(17)9-12(15)10-19-11(2)3/h5-6,9,11,14,19H,4,7-8,10H2,1-3H3,(H,18,21). The molecule has 2 rings (SSSR count). The van der Waals surface area contributed by atoms with E-state index in [0.717, 1.165) is 35.8 Å². The molecule has 1 aromatic carbocycles. The minimum Gasteiger partial charge on any atom is -0.357 e. The van der Waals surface area contributed by atoms with Crippen molar-refractivity contribution in [1.82, 2.24) is 10.6 Å². The normalized spacial score (nSPS) is 19.0. The molecule has 21 heavy (non-hydrogen) atoms. The number of benzene rings is 1. The smallest absolute Gasteiger partial charge is 0.242 e. The lowest BCUT2D eigenvalue weighted by Crippen LogP contribution is -2.55. The lowest BCUT2D eigenvalue weighted by molar-refractivity contribution is -0.123. The molecular weight excluding hydrogens is 286 g/mol. The molecular formula is C16H24ClN3O. The van der Waals surface area contributed by atoms with Crippen LogP contribution < -0.4 is 15.5 Å². The first-order valence-electron chi connectivity index (χ1n) is 7.59. The third-order valence-corrected chi connectivity index (χ3v) is 4.00. The average molecular weight is 310 g/mol. The van der Waals surface area contributed by atoms with Gasteiger partial charge in [0, 0.05) is 36.4 Å². The summed E-state index contributed by atoms with van der Waals surface area (Å²) in [4.78, 5) is 14.3. The van der Waals surface area contributed by atoms with E-state index in [-0.39, 0.29) is 11.9 Å². The Hall–Kier alpha value is -1.26. The highest BCUT2D eigenvalue weighted by Gasteiger charge is 2.29. The topological polar surface area (TPSA) is 44.4 Å². The van der Waals surface area contributed by atoms with Gasteiger partial charge in [0.25, 0.3) is 0 Å². The molecule has 0 saturated carbocycles. The predicted molar refractivity (Wildman–Crippen MR) is 87.9 cm³/mol. The quantitative estimate of drug-likeness (QED) is 0.878. The molecule has 1 unspecified atom stereocenters. The largest absolute Gasteiger partial charge is 0.357 e. The van der Waals surface area contributed by atoms with E-state index in [4.69, 9.17) is 11.6 Å². The van der Waals surface area contributed by atoms with Crippen LogP contribution in [0.3, 0.4) is 0 Å². The van der Waals surface area contributed by atoms with Gasteiger partial charge >= 0.3 is 0 Å². The fourth-order valence-corrected chi connectivity index (χ4v) is 2.89. The van der Waals surface area contributed by atoms with Crippen molar-refractivity contribution in [2.45, 2.75) is 45.8 Å². The Balaban J connectivity index is 2.30. The molecule has 4 nitrogen and oxygen atoms in total. The Morgan fingerprint density at radius 3 is 2.90 bits per heavy atom. The van der Waals surface area contributed by atoms with E-state index >= 15 is 0 Å². The van der Waals surface area contributed by atoms with Crippen molar-refractivity contribution in [2.75, 3.05) is 18.0 Å². The molecule has 1 amide bonds. The summed E-state index contributed by atoms with van der Waals surface area (Å²) in [5.74, 6) is 0.112. The number of hydrogen-bond donors (Lipinski definition) is 2. The molecule has 1 aliphatic rings. The molecule has 1 aliphatic heterocycles. The van der Waals surface area contributed by atoms with E-state index in [0.29, 0.717) is 12.6 Å². The maximum Gasteiger partial charge on any atom is 0.242 e. The summed E-state index contributed by atoms with van der Waals surface area (Å²) in [6, 6.07) is 6.22. The van der Waals surface area contributed by atoms with Crippen LogP contribution >= 0.6 is 11.6 Å². The molecule has 1 fully saturated rings. The first-order valence-corrected chi connectivity index (χ1v) is 7.97. The second-order valence-corrected chi connectivity index (χ2v) is 6.15. The number of hydrogen-bond acceptors (Lipinski definition) is 3. The van der Waals surface area contributed by atoms with Gasteiger partial charge in [-0.15, -0.1) is 0 Å². The van der Waals surface area contributed by atoms with Crippen molar-refractivity contribution in [3.05, 3.63) is 28.8 Å². The zero-order chi connectivity index (χ0) is 15.4. The highest BCUT2D eigenvalue weighted by molar-refractivity contribution is 6.30. The molecule has 2 N–H and O–H groups in total. The van der Waals surface area contributed by atoms with Crippen LogP contribution in [-0.2, 0) is 11.3 Å². The van der Waals surface area contributed by atoms with E-state index in [1.807, 2.05) is 25.1 Å². The van der Waals surface area contributed by atoms with E-state index in [1.54, 1.807) is 0 Å². The van der Waals surface area contributed by atoms with Crippen molar-refractivity contribution in [3.63, 3.8) is 0 Å². The maximum absolute atomic E-state index is 12.1. The van der Waals surface area contributed by atoms with Gasteiger partial charge in [0.05, 0.1) is 0 Å². The fraction of sp³-hybridized carbons (Fsp3) is 0.562. The van der Waals surface area contributed by atoms with Gasteiger partial charge in [0.15, 0.2) is 0 Å². The van der Waals surface area contributed by atoms with Crippen LogP contribution in [0.1, 0.15) is 32.8 Å². The maximum atomic E-state index is 12.1. The number of nitrogens with zero attached hydrogens (tertiary/aromatic N) is 1. The third-order valence-electron chi connectivity index (χ3n) is 3.77. The van der Waals surface area contributed by atoms with Gasteiger partial charge in [0.1, 0.15) is 6.04 Å². The number of carbonyl (C=O) groups is 1. The number of piperazine rings is 1. The van der Waals surface area contributed by atoms with Gasteiger partial charge in [0.2, 0.25) is 5.91 Å². The predicted octanol–water partition coefficient (Wildman–Crippen LogP) is 2.55. The van der Waals surface area contributed by atoms with Crippen molar-refractivity contribution in [3.8, 4) is 0 Å². The average Bonchev–Trinajstić information content (AvgIpc) is 2.45. The molecule has 1 aromatic rings. The van der Waals surface area contributed by atoms with Crippen LogP contribution in [0.5, 0.6) is 0 Å². The summed E-state index contributed by atoms with van der Waals surface area (Å²) < 4.78 is 0. The Kier molecular flexibility index (Phi) is 5.48. The van der Waals surface area contributed by atoms with Gasteiger partial charge in [-0.1, -0.05) is 32.4 Å². The van der Waals surface area contributed by atoms with Crippen molar-refractivity contribution < 1.29 is 4.79 Å². The summed E-state index contributed by atoms with van der Waals surface area (Å²) in [7, 11) is 0. The molecule has 1 atom stereocenters. The van der Waals surface area contributed by atoms with Crippen LogP contribution in [0.4, 0.5) is 5.69 Å². The Bertz CT molecular complexity index is 504. The molecule has 0 aliphatic carbocycles. The van der Waals surface area contributed by atoms with Gasteiger partial charge in [-0.2, -0.15) is 0 Å². The first kappa shape index (κ1) is 16.1. The first-order chi connectivity index (χ1) is 10.0. The fourth-order valence-electron chi connectivity index (χ4n) is 2.70. The molecule has 0 radical (unpaired) electrons. The van der Waals surface area contributed by atoms with Gasteiger partial charge in [-0.25, -0.2) is 0 Å². The Morgan fingerprint density at radius 1 is 1.48 bits per heavy atom. The highest BCUT2D eigenvalue weighted by Crippen LogP contribution is 2.28. The van der Waals surface area contributed by atoms with E-state index in [9.17, 15) is 4.79 Å². The van der Waals surface area contributed by atoms with E-state index in [1.165, 1.54) is 0 Å². The summed E-state index contributed by atoms with van der Waals surface area (Å²) in [5.41, 5.74) is 2.25. The molecule has 0 spiro atoms. The van der Waals surface area contributed by atoms with Crippen molar-refractivity contribution in [1.29, 1.82) is 0 Å². The van der Waals surface area contributed by atoms with Crippen molar-refractivity contribution in [2.24, 2.45) is 0 Å². The van der Waals surface area contributed by atoms with Crippen LogP contribution in [0.25, 0.3) is 0 Å². The second kappa shape index (κ2) is 7.14. The van der Waals surface area contributed by atoms with Crippen LogP contribution in [0, 0.1) is 0 Å². The SMILES string of the molecule is CCC1C(=O)NCCN1c1ccc(Cl)cc1CNC(C)C. The zero-order valence-electron chi connectivity index (χ0n) is 12.9. The van der Waals surface area contributed by atoms with Crippen LogP contribution in [-0.4, -0.2) is 31.1 Å². The number of anilines is 1. The molecule has 5 heteroatoms. The molecule has 0 bridgehead atoms.